The molecular weight excluding hydrogens is 348 g/mol. The number of pyridine rings is 1. The lowest BCUT2D eigenvalue weighted by molar-refractivity contribution is 0.104. The Bertz CT molecular complexity index is 1060. The maximum atomic E-state index is 13.0. The van der Waals surface area contributed by atoms with E-state index in [0.717, 1.165) is 46.4 Å². The number of piperidine rings is 1. The van der Waals surface area contributed by atoms with Gasteiger partial charge in [-0.2, -0.15) is 0 Å². The molecule has 2 aromatic carbocycles. The van der Waals surface area contributed by atoms with Gasteiger partial charge >= 0.3 is 0 Å². The summed E-state index contributed by atoms with van der Waals surface area (Å²) in [6.45, 7) is 5.05. The highest BCUT2D eigenvalue weighted by Crippen LogP contribution is 2.40. The monoisotopic (exact) mass is 372 g/mol. The fraction of sp³-hybridized carbons (Fsp3) is 0.333. The number of fused-ring (bicyclic) bond motifs is 2. The Balaban J connectivity index is 1.48. The van der Waals surface area contributed by atoms with Crippen molar-refractivity contribution in [2.24, 2.45) is 0 Å². The zero-order valence-electron chi connectivity index (χ0n) is 16.1. The fourth-order valence-electron chi connectivity index (χ4n) is 4.59. The van der Waals surface area contributed by atoms with Crippen LogP contribution in [0.25, 0.3) is 22.0 Å². The number of carbonyl (C=O) groups is 1. The van der Waals surface area contributed by atoms with Crippen LogP contribution in [-0.2, 0) is 0 Å². The van der Waals surface area contributed by atoms with Gasteiger partial charge in [0.15, 0.2) is 5.78 Å². The topological polar surface area (TPSA) is 42.4 Å². The molecule has 1 aromatic heterocycles. The highest BCUT2D eigenvalue weighted by Gasteiger charge is 2.27. The minimum absolute atomic E-state index is 0.0646. The van der Waals surface area contributed by atoms with Gasteiger partial charge in [0.05, 0.1) is 5.69 Å². The Morgan fingerprint density at radius 3 is 2.79 bits per heavy atom. The number of likely N-dealkylation sites (tertiary alicyclic amines) is 1. The van der Waals surface area contributed by atoms with Crippen LogP contribution in [0.2, 0.25) is 0 Å². The van der Waals surface area contributed by atoms with Crippen LogP contribution >= 0.6 is 0 Å². The number of rotatable bonds is 4. The molecule has 0 amide bonds. The molecular formula is C24H24N2O2. The minimum Gasteiger partial charge on any atom is -0.492 e. The van der Waals surface area contributed by atoms with Gasteiger partial charge in [0.25, 0.3) is 0 Å². The predicted octanol–water partition coefficient (Wildman–Crippen LogP) is 4.70. The summed E-state index contributed by atoms with van der Waals surface area (Å²) in [5.74, 6) is 0.897. The van der Waals surface area contributed by atoms with Gasteiger partial charge in [-0.25, -0.2) is 0 Å². The summed E-state index contributed by atoms with van der Waals surface area (Å²) >= 11 is 0. The predicted molar refractivity (Wildman–Crippen MR) is 111 cm³/mol. The zero-order valence-corrected chi connectivity index (χ0v) is 16.1. The van der Waals surface area contributed by atoms with Gasteiger partial charge in [-0.3, -0.25) is 14.7 Å². The number of hydrogen-bond acceptors (Lipinski definition) is 4. The number of ketones is 1. The number of benzene rings is 2. The number of ether oxygens (including phenoxy) is 1. The number of hydrogen-bond donors (Lipinski definition) is 0. The fourth-order valence-corrected chi connectivity index (χ4v) is 4.59. The van der Waals surface area contributed by atoms with E-state index in [1.54, 1.807) is 0 Å². The molecule has 0 radical (unpaired) electrons. The lowest BCUT2D eigenvalue weighted by Gasteiger charge is -2.33. The smallest absolute Gasteiger partial charge is 0.194 e. The van der Waals surface area contributed by atoms with Gasteiger partial charge in [-0.05, 0) is 44.5 Å². The Labute approximate surface area is 165 Å². The molecule has 1 saturated heterocycles. The molecule has 4 nitrogen and oxygen atoms in total. The van der Waals surface area contributed by atoms with Crippen LogP contribution in [0.1, 0.15) is 42.1 Å². The van der Waals surface area contributed by atoms with E-state index in [1.807, 2.05) is 48.7 Å². The van der Waals surface area contributed by atoms with Gasteiger partial charge in [0.1, 0.15) is 12.4 Å². The van der Waals surface area contributed by atoms with Crippen LogP contribution in [0, 0.1) is 0 Å². The van der Waals surface area contributed by atoms with Crippen molar-refractivity contribution in [1.29, 1.82) is 0 Å². The van der Waals surface area contributed by atoms with Crippen molar-refractivity contribution in [2.75, 3.05) is 19.7 Å². The second-order valence-electron chi connectivity index (χ2n) is 7.80. The van der Waals surface area contributed by atoms with Crippen molar-refractivity contribution in [3.05, 3.63) is 59.8 Å². The first kappa shape index (κ1) is 17.4. The quantitative estimate of drug-likeness (QED) is 0.521. The van der Waals surface area contributed by atoms with Crippen LogP contribution in [-0.4, -0.2) is 41.4 Å². The van der Waals surface area contributed by atoms with Crippen molar-refractivity contribution < 1.29 is 9.53 Å². The molecule has 2 aliphatic rings. The van der Waals surface area contributed by atoms with E-state index in [2.05, 4.69) is 16.8 Å². The Morgan fingerprint density at radius 2 is 1.93 bits per heavy atom. The van der Waals surface area contributed by atoms with Crippen molar-refractivity contribution in [3.8, 4) is 17.0 Å². The zero-order chi connectivity index (χ0) is 19.1. The van der Waals surface area contributed by atoms with Gasteiger partial charge in [0, 0.05) is 46.2 Å². The van der Waals surface area contributed by atoms with Crippen LogP contribution < -0.4 is 4.74 Å². The van der Waals surface area contributed by atoms with E-state index in [-0.39, 0.29) is 5.78 Å². The van der Waals surface area contributed by atoms with Gasteiger partial charge < -0.3 is 4.74 Å². The molecule has 142 valence electrons. The Hall–Kier alpha value is -2.72. The number of nitrogens with zero attached hydrogens (tertiary/aromatic N) is 2. The molecule has 1 atom stereocenters. The molecule has 1 unspecified atom stereocenters. The molecule has 1 aliphatic carbocycles. The summed E-state index contributed by atoms with van der Waals surface area (Å²) < 4.78 is 6.19. The summed E-state index contributed by atoms with van der Waals surface area (Å²) in [5.41, 5.74) is 3.22. The molecule has 4 heteroatoms. The lowest BCUT2D eigenvalue weighted by Crippen LogP contribution is -2.39. The first-order valence-electron chi connectivity index (χ1n) is 10.2. The van der Waals surface area contributed by atoms with E-state index in [9.17, 15) is 4.79 Å². The van der Waals surface area contributed by atoms with E-state index < -0.39 is 0 Å². The molecule has 0 N–H and O–H groups in total. The summed E-state index contributed by atoms with van der Waals surface area (Å²) in [6, 6.07) is 14.1. The normalized spacial score (nSPS) is 18.9. The average Bonchev–Trinajstić information content (AvgIpc) is 2.74. The first-order valence-corrected chi connectivity index (χ1v) is 10.2. The molecule has 0 saturated carbocycles. The van der Waals surface area contributed by atoms with E-state index in [0.29, 0.717) is 18.2 Å². The molecule has 1 fully saturated rings. The minimum atomic E-state index is 0.0646. The molecule has 28 heavy (non-hydrogen) atoms. The lowest BCUT2D eigenvalue weighted by atomic mass is 9.85. The van der Waals surface area contributed by atoms with Crippen molar-refractivity contribution in [3.63, 3.8) is 0 Å². The van der Waals surface area contributed by atoms with Gasteiger partial charge in [0.2, 0.25) is 0 Å². The first-order chi connectivity index (χ1) is 13.7. The average molecular weight is 372 g/mol. The SMILES string of the molecule is CC1CCCCN1CCOc1ccc2c3c(nccc13)-c1ccccc1C2=O. The molecule has 0 spiro atoms. The number of carbonyl (C=O) groups excluding carboxylic acids is 1. The highest BCUT2D eigenvalue weighted by atomic mass is 16.5. The molecule has 2 heterocycles. The molecule has 3 aromatic rings. The summed E-state index contributed by atoms with van der Waals surface area (Å²) in [4.78, 5) is 20.1. The second kappa shape index (κ2) is 7.02. The van der Waals surface area contributed by atoms with Crippen molar-refractivity contribution in [2.45, 2.75) is 32.2 Å². The Kier molecular flexibility index (Phi) is 4.36. The van der Waals surface area contributed by atoms with Crippen LogP contribution in [0.3, 0.4) is 0 Å². The maximum absolute atomic E-state index is 13.0. The summed E-state index contributed by atoms with van der Waals surface area (Å²) in [5, 5.41) is 1.88. The van der Waals surface area contributed by atoms with E-state index >= 15 is 0 Å². The third-order valence-electron chi connectivity index (χ3n) is 6.14. The second-order valence-corrected chi connectivity index (χ2v) is 7.80. The van der Waals surface area contributed by atoms with Gasteiger partial charge in [-0.1, -0.05) is 30.7 Å². The van der Waals surface area contributed by atoms with E-state index in [4.69, 9.17) is 4.74 Å². The summed E-state index contributed by atoms with van der Waals surface area (Å²) in [6.07, 6.45) is 5.69. The number of aromatic nitrogens is 1. The largest absolute Gasteiger partial charge is 0.492 e. The highest BCUT2D eigenvalue weighted by molar-refractivity contribution is 6.25. The Morgan fingerprint density at radius 1 is 1.07 bits per heavy atom. The standard InChI is InChI=1S/C24H24N2O2/c1-16-6-4-5-13-26(16)14-15-28-21-10-9-20-22-19(21)11-12-25-23(22)17-7-2-3-8-18(17)24(20)27/h2-3,7-12,16H,4-6,13-15H2,1H3. The molecule has 1 aliphatic heterocycles. The van der Waals surface area contributed by atoms with Crippen LogP contribution in [0.15, 0.2) is 48.7 Å². The summed E-state index contributed by atoms with van der Waals surface area (Å²) in [7, 11) is 0. The van der Waals surface area contributed by atoms with E-state index in [1.165, 1.54) is 19.3 Å². The van der Waals surface area contributed by atoms with Crippen molar-refractivity contribution in [1.82, 2.24) is 9.88 Å². The third kappa shape index (κ3) is 2.80. The van der Waals surface area contributed by atoms with Crippen LogP contribution in [0.4, 0.5) is 0 Å². The van der Waals surface area contributed by atoms with Gasteiger partial charge in [-0.15, -0.1) is 0 Å². The third-order valence-corrected chi connectivity index (χ3v) is 6.14. The van der Waals surface area contributed by atoms with Crippen LogP contribution in [0.5, 0.6) is 5.75 Å². The van der Waals surface area contributed by atoms with Crippen molar-refractivity contribution >= 4 is 16.6 Å². The maximum Gasteiger partial charge on any atom is 0.194 e. The molecule has 0 bridgehead atoms. The molecule has 5 rings (SSSR count).